The molecule has 0 atom stereocenters. The van der Waals surface area contributed by atoms with E-state index >= 15 is 0 Å². The number of thiophene rings is 1. The summed E-state index contributed by atoms with van der Waals surface area (Å²) in [7, 11) is 0. The van der Waals surface area contributed by atoms with Crippen LogP contribution in [0.5, 0.6) is 0 Å². The van der Waals surface area contributed by atoms with Crippen molar-refractivity contribution in [3.8, 4) is 0 Å². The molecule has 1 aromatic carbocycles. The van der Waals surface area contributed by atoms with Gasteiger partial charge in [0.2, 0.25) is 0 Å². The molecule has 15 heavy (non-hydrogen) atoms. The summed E-state index contributed by atoms with van der Waals surface area (Å²) in [5.41, 5.74) is 3.51. The Kier molecular flexibility index (Phi) is 3.29. The van der Waals surface area contributed by atoms with Gasteiger partial charge in [-0.2, -0.15) is 11.3 Å². The van der Waals surface area contributed by atoms with Crippen LogP contribution < -0.4 is 5.32 Å². The summed E-state index contributed by atoms with van der Waals surface area (Å²) >= 11 is 7.79. The molecule has 0 radical (unpaired) electrons. The zero-order chi connectivity index (χ0) is 10.7. The quantitative estimate of drug-likeness (QED) is 0.838. The van der Waals surface area contributed by atoms with Gasteiger partial charge < -0.3 is 5.32 Å². The highest BCUT2D eigenvalue weighted by Gasteiger charge is 2.00. The Bertz CT molecular complexity index is 437. The summed E-state index contributed by atoms with van der Waals surface area (Å²) in [5.74, 6) is 0. The zero-order valence-electron chi connectivity index (χ0n) is 8.46. The molecule has 0 saturated carbocycles. The maximum absolute atomic E-state index is 6.08. The van der Waals surface area contributed by atoms with E-state index in [1.807, 2.05) is 12.1 Å². The van der Waals surface area contributed by atoms with Gasteiger partial charge in [0.25, 0.3) is 0 Å². The topological polar surface area (TPSA) is 12.0 Å². The van der Waals surface area contributed by atoms with Crippen LogP contribution in [0.25, 0.3) is 0 Å². The highest BCUT2D eigenvalue weighted by atomic mass is 35.5. The van der Waals surface area contributed by atoms with E-state index in [4.69, 9.17) is 11.6 Å². The third-order valence-corrected chi connectivity index (χ3v) is 3.25. The molecule has 0 aliphatic carbocycles. The van der Waals surface area contributed by atoms with Gasteiger partial charge in [0.15, 0.2) is 0 Å². The van der Waals surface area contributed by atoms with Crippen LogP contribution in [0.3, 0.4) is 0 Å². The molecule has 0 amide bonds. The van der Waals surface area contributed by atoms with Crippen LogP contribution in [0.1, 0.15) is 11.1 Å². The minimum atomic E-state index is 0.774. The monoisotopic (exact) mass is 237 g/mol. The van der Waals surface area contributed by atoms with Gasteiger partial charge in [-0.1, -0.05) is 17.7 Å². The molecule has 1 heterocycles. The molecule has 1 N–H and O–H groups in total. The van der Waals surface area contributed by atoms with Gasteiger partial charge in [0.05, 0.1) is 10.7 Å². The van der Waals surface area contributed by atoms with Gasteiger partial charge in [0.1, 0.15) is 0 Å². The number of benzene rings is 1. The summed E-state index contributed by atoms with van der Waals surface area (Å²) < 4.78 is 0. The van der Waals surface area contributed by atoms with Crippen molar-refractivity contribution in [3.05, 3.63) is 51.2 Å². The van der Waals surface area contributed by atoms with Crippen molar-refractivity contribution in [1.29, 1.82) is 0 Å². The molecule has 0 unspecified atom stereocenters. The van der Waals surface area contributed by atoms with Crippen molar-refractivity contribution in [1.82, 2.24) is 0 Å². The van der Waals surface area contributed by atoms with Gasteiger partial charge in [-0.25, -0.2) is 0 Å². The van der Waals surface area contributed by atoms with Crippen LogP contribution in [0, 0.1) is 6.92 Å². The fourth-order valence-electron chi connectivity index (χ4n) is 1.37. The number of aryl methyl sites for hydroxylation is 1. The largest absolute Gasteiger partial charge is 0.380 e. The van der Waals surface area contributed by atoms with Crippen molar-refractivity contribution in [3.63, 3.8) is 0 Å². The van der Waals surface area contributed by atoms with Gasteiger partial charge in [-0.15, -0.1) is 0 Å². The van der Waals surface area contributed by atoms with Crippen molar-refractivity contribution >= 4 is 28.6 Å². The fraction of sp³-hybridized carbons (Fsp3) is 0.167. The molecule has 2 rings (SSSR count). The van der Waals surface area contributed by atoms with E-state index in [1.165, 1.54) is 11.1 Å². The van der Waals surface area contributed by atoms with Crippen LogP contribution >= 0.6 is 22.9 Å². The average molecular weight is 238 g/mol. The Morgan fingerprint density at radius 1 is 1.33 bits per heavy atom. The Morgan fingerprint density at radius 2 is 2.20 bits per heavy atom. The number of hydrogen-bond donors (Lipinski definition) is 1. The van der Waals surface area contributed by atoms with Gasteiger partial charge >= 0.3 is 0 Å². The lowest BCUT2D eigenvalue weighted by Crippen LogP contribution is -1.98. The Hall–Kier alpha value is -0.990. The average Bonchev–Trinajstić information content (AvgIpc) is 2.72. The van der Waals surface area contributed by atoms with Crippen LogP contribution in [-0.2, 0) is 6.54 Å². The fourth-order valence-corrected chi connectivity index (χ4v) is 2.22. The molecular weight excluding hydrogens is 226 g/mol. The van der Waals surface area contributed by atoms with Crippen LogP contribution in [-0.4, -0.2) is 0 Å². The van der Waals surface area contributed by atoms with Crippen LogP contribution in [0.15, 0.2) is 35.0 Å². The number of anilines is 1. The normalized spacial score (nSPS) is 10.3. The van der Waals surface area contributed by atoms with Crippen molar-refractivity contribution in [2.75, 3.05) is 5.32 Å². The maximum Gasteiger partial charge on any atom is 0.0637 e. The maximum atomic E-state index is 6.08. The molecule has 0 fully saturated rings. The smallest absolute Gasteiger partial charge is 0.0637 e. The lowest BCUT2D eigenvalue weighted by atomic mass is 10.2. The second kappa shape index (κ2) is 4.69. The van der Waals surface area contributed by atoms with Gasteiger partial charge in [0, 0.05) is 6.54 Å². The van der Waals surface area contributed by atoms with Crippen molar-refractivity contribution in [2.24, 2.45) is 0 Å². The number of hydrogen-bond acceptors (Lipinski definition) is 2. The molecular formula is C12H12ClNS. The van der Waals surface area contributed by atoms with E-state index in [-0.39, 0.29) is 0 Å². The van der Waals surface area contributed by atoms with E-state index in [2.05, 4.69) is 35.1 Å². The predicted molar refractivity (Wildman–Crippen MR) is 67.8 cm³/mol. The molecule has 3 heteroatoms. The summed E-state index contributed by atoms with van der Waals surface area (Å²) in [5, 5.41) is 8.32. The minimum absolute atomic E-state index is 0.774. The number of rotatable bonds is 3. The zero-order valence-corrected chi connectivity index (χ0v) is 10.0. The van der Waals surface area contributed by atoms with Crippen LogP contribution in [0.2, 0.25) is 5.02 Å². The van der Waals surface area contributed by atoms with Gasteiger partial charge in [-0.05, 0) is 47.0 Å². The Labute approximate surface area is 98.7 Å². The molecule has 0 aliphatic rings. The van der Waals surface area contributed by atoms with E-state index in [0.29, 0.717) is 0 Å². The first-order valence-electron chi connectivity index (χ1n) is 4.77. The number of halogens is 1. The lowest BCUT2D eigenvalue weighted by molar-refractivity contribution is 1.16. The summed E-state index contributed by atoms with van der Waals surface area (Å²) in [6, 6.07) is 8.11. The molecule has 1 aromatic heterocycles. The van der Waals surface area contributed by atoms with E-state index in [0.717, 1.165) is 17.3 Å². The SMILES string of the molecule is Cc1ccc(Cl)c(NCc2ccsc2)c1. The molecule has 1 nitrogen and oxygen atoms in total. The summed E-state index contributed by atoms with van der Waals surface area (Å²) in [6.45, 7) is 2.89. The van der Waals surface area contributed by atoms with E-state index < -0.39 is 0 Å². The minimum Gasteiger partial charge on any atom is -0.380 e. The van der Waals surface area contributed by atoms with E-state index in [9.17, 15) is 0 Å². The molecule has 0 saturated heterocycles. The third-order valence-electron chi connectivity index (χ3n) is 2.18. The van der Waals surface area contributed by atoms with Gasteiger partial charge in [-0.3, -0.25) is 0 Å². The molecule has 0 spiro atoms. The van der Waals surface area contributed by atoms with Crippen molar-refractivity contribution in [2.45, 2.75) is 13.5 Å². The first kappa shape index (κ1) is 10.5. The second-order valence-electron chi connectivity index (χ2n) is 3.47. The molecule has 2 aromatic rings. The first-order valence-corrected chi connectivity index (χ1v) is 6.09. The second-order valence-corrected chi connectivity index (χ2v) is 4.66. The molecule has 0 bridgehead atoms. The highest BCUT2D eigenvalue weighted by Crippen LogP contribution is 2.23. The first-order chi connectivity index (χ1) is 7.25. The highest BCUT2D eigenvalue weighted by molar-refractivity contribution is 7.07. The Morgan fingerprint density at radius 3 is 2.93 bits per heavy atom. The number of nitrogens with one attached hydrogen (secondary N) is 1. The molecule has 0 aliphatic heterocycles. The standard InChI is InChI=1S/C12H12ClNS/c1-9-2-3-11(13)12(6-9)14-7-10-4-5-15-8-10/h2-6,8,14H,7H2,1H3. The third kappa shape index (κ3) is 2.74. The van der Waals surface area contributed by atoms with Crippen molar-refractivity contribution < 1.29 is 0 Å². The lowest BCUT2D eigenvalue weighted by Gasteiger charge is -2.08. The predicted octanol–water partition coefficient (Wildman–Crippen LogP) is 4.32. The van der Waals surface area contributed by atoms with E-state index in [1.54, 1.807) is 11.3 Å². The molecule has 78 valence electrons. The van der Waals surface area contributed by atoms with Crippen LogP contribution in [0.4, 0.5) is 5.69 Å². The summed E-state index contributed by atoms with van der Waals surface area (Å²) in [4.78, 5) is 0. The Balaban J connectivity index is 2.07. The summed E-state index contributed by atoms with van der Waals surface area (Å²) in [6.07, 6.45) is 0.